The van der Waals surface area contributed by atoms with Crippen LogP contribution in [0.5, 0.6) is 0 Å². The molecular formula is C18H35NO. The number of rotatable bonds is 8. The van der Waals surface area contributed by atoms with Crippen LogP contribution in [0.15, 0.2) is 12.7 Å². The molecule has 0 aliphatic carbocycles. The zero-order valence-electron chi connectivity index (χ0n) is 14.4. The van der Waals surface area contributed by atoms with Crippen LogP contribution in [-0.4, -0.2) is 35.7 Å². The van der Waals surface area contributed by atoms with Crippen molar-refractivity contribution in [2.45, 2.75) is 89.8 Å². The first kappa shape index (κ1) is 17.7. The second-order valence-corrected chi connectivity index (χ2v) is 7.58. The maximum absolute atomic E-state index is 6.16. The Balaban J connectivity index is 2.26. The van der Waals surface area contributed by atoms with Gasteiger partial charge in [-0.25, -0.2) is 0 Å². The molecule has 2 nitrogen and oxygen atoms in total. The number of allylic oxidation sites excluding steroid dienone is 1. The number of unbranched alkanes of at least 4 members (excludes halogenated alkanes) is 4. The minimum Gasteiger partial charge on any atom is -0.378 e. The summed E-state index contributed by atoms with van der Waals surface area (Å²) in [5.41, 5.74) is 0.465. The van der Waals surface area contributed by atoms with E-state index in [9.17, 15) is 0 Å². The van der Waals surface area contributed by atoms with E-state index in [1.54, 1.807) is 0 Å². The largest absolute Gasteiger partial charge is 0.378 e. The topological polar surface area (TPSA) is 12.5 Å². The van der Waals surface area contributed by atoms with Gasteiger partial charge in [-0.1, -0.05) is 18.9 Å². The monoisotopic (exact) mass is 281 g/mol. The summed E-state index contributed by atoms with van der Waals surface area (Å²) in [6.07, 6.45) is 10.9. The van der Waals surface area contributed by atoms with Gasteiger partial charge in [-0.3, -0.25) is 4.90 Å². The van der Waals surface area contributed by atoms with Crippen molar-refractivity contribution >= 4 is 0 Å². The first-order chi connectivity index (χ1) is 9.29. The smallest absolute Gasteiger partial charge is 0.0610 e. The molecule has 1 aliphatic heterocycles. The molecule has 118 valence electrons. The highest BCUT2D eigenvalue weighted by atomic mass is 16.5. The summed E-state index contributed by atoms with van der Waals surface area (Å²) in [6.45, 7) is 14.0. The van der Waals surface area contributed by atoms with Gasteiger partial charge in [0.15, 0.2) is 0 Å². The van der Waals surface area contributed by atoms with E-state index in [2.05, 4.69) is 46.2 Å². The lowest BCUT2D eigenvalue weighted by Gasteiger charge is -2.53. The van der Waals surface area contributed by atoms with Gasteiger partial charge < -0.3 is 4.74 Å². The molecular weight excluding hydrogens is 246 g/mol. The van der Waals surface area contributed by atoms with Gasteiger partial charge in [-0.2, -0.15) is 0 Å². The third-order valence-corrected chi connectivity index (χ3v) is 4.93. The van der Waals surface area contributed by atoms with Crippen LogP contribution >= 0.6 is 0 Å². The molecule has 20 heavy (non-hydrogen) atoms. The maximum Gasteiger partial charge on any atom is 0.0610 e. The van der Waals surface area contributed by atoms with Crippen molar-refractivity contribution in [1.82, 2.24) is 4.90 Å². The lowest BCUT2D eigenvalue weighted by Crippen LogP contribution is -2.60. The highest BCUT2D eigenvalue weighted by Gasteiger charge is 2.43. The van der Waals surface area contributed by atoms with Crippen molar-refractivity contribution in [3.8, 4) is 0 Å². The van der Waals surface area contributed by atoms with Crippen molar-refractivity contribution < 1.29 is 4.74 Å². The van der Waals surface area contributed by atoms with Gasteiger partial charge in [0.2, 0.25) is 0 Å². The summed E-state index contributed by atoms with van der Waals surface area (Å²) in [4.78, 5) is 2.51. The van der Waals surface area contributed by atoms with E-state index in [1.807, 2.05) is 6.08 Å². The molecule has 1 heterocycles. The fourth-order valence-corrected chi connectivity index (χ4v) is 3.39. The molecule has 2 heteroatoms. The van der Waals surface area contributed by atoms with E-state index in [-0.39, 0.29) is 11.1 Å². The van der Waals surface area contributed by atoms with Crippen molar-refractivity contribution in [3.05, 3.63) is 12.7 Å². The van der Waals surface area contributed by atoms with E-state index in [4.69, 9.17) is 4.74 Å². The van der Waals surface area contributed by atoms with Gasteiger partial charge >= 0.3 is 0 Å². The number of hydrogen-bond donors (Lipinski definition) is 0. The molecule has 1 rings (SSSR count). The number of likely N-dealkylation sites (tertiary alicyclic amines) is 1. The van der Waals surface area contributed by atoms with Crippen LogP contribution in [0.2, 0.25) is 0 Å². The Morgan fingerprint density at radius 1 is 1.05 bits per heavy atom. The minimum atomic E-state index is 0.233. The fourth-order valence-electron chi connectivity index (χ4n) is 3.39. The van der Waals surface area contributed by atoms with E-state index in [0.717, 1.165) is 25.9 Å². The van der Waals surface area contributed by atoms with Crippen molar-refractivity contribution in [2.24, 2.45) is 0 Å². The van der Waals surface area contributed by atoms with Crippen LogP contribution in [0.4, 0.5) is 0 Å². The number of piperidine rings is 1. The Morgan fingerprint density at radius 2 is 1.60 bits per heavy atom. The standard InChI is InChI=1S/C18H35NO/c1-7-8-9-10-11-12-13-20-16-14-17(2,3)19(6)18(4,5)15-16/h7,16H,1,8-15H2,2-6H3. The van der Waals surface area contributed by atoms with Crippen LogP contribution in [-0.2, 0) is 4.74 Å². The lowest BCUT2D eigenvalue weighted by atomic mass is 9.79. The lowest BCUT2D eigenvalue weighted by molar-refractivity contribution is -0.0918. The quantitative estimate of drug-likeness (QED) is 0.468. The Morgan fingerprint density at radius 3 is 2.15 bits per heavy atom. The van der Waals surface area contributed by atoms with E-state index in [0.29, 0.717) is 6.10 Å². The maximum atomic E-state index is 6.16. The van der Waals surface area contributed by atoms with Crippen LogP contribution in [0.3, 0.4) is 0 Å². The first-order valence-electron chi connectivity index (χ1n) is 8.26. The van der Waals surface area contributed by atoms with Crippen molar-refractivity contribution in [1.29, 1.82) is 0 Å². The predicted molar refractivity (Wildman–Crippen MR) is 88.2 cm³/mol. The molecule has 0 aromatic carbocycles. The zero-order valence-corrected chi connectivity index (χ0v) is 14.4. The summed E-state index contributed by atoms with van der Waals surface area (Å²) in [5.74, 6) is 0. The van der Waals surface area contributed by atoms with E-state index < -0.39 is 0 Å². The first-order valence-corrected chi connectivity index (χ1v) is 8.26. The number of nitrogens with zero attached hydrogens (tertiary/aromatic N) is 1. The van der Waals surface area contributed by atoms with Gasteiger partial charge in [-0.15, -0.1) is 6.58 Å². The number of hydrogen-bond acceptors (Lipinski definition) is 2. The molecule has 0 bridgehead atoms. The predicted octanol–water partition coefficient (Wildman–Crippen LogP) is 4.79. The van der Waals surface area contributed by atoms with Crippen LogP contribution in [0.1, 0.15) is 72.6 Å². The third kappa shape index (κ3) is 5.21. The third-order valence-electron chi connectivity index (χ3n) is 4.93. The van der Waals surface area contributed by atoms with Gasteiger partial charge in [0.1, 0.15) is 0 Å². The highest BCUT2D eigenvalue weighted by molar-refractivity contribution is 4.98. The summed E-state index contributed by atoms with van der Waals surface area (Å²) in [5, 5.41) is 0. The molecule has 1 aliphatic rings. The summed E-state index contributed by atoms with van der Waals surface area (Å²) >= 11 is 0. The van der Waals surface area contributed by atoms with Crippen LogP contribution < -0.4 is 0 Å². The van der Waals surface area contributed by atoms with Crippen LogP contribution in [0.25, 0.3) is 0 Å². The molecule has 0 amide bonds. The molecule has 1 saturated heterocycles. The van der Waals surface area contributed by atoms with Gasteiger partial charge in [-0.05, 0) is 66.8 Å². The summed E-state index contributed by atoms with van der Waals surface area (Å²) in [7, 11) is 2.25. The molecule has 0 saturated carbocycles. The second kappa shape index (κ2) is 7.61. The average molecular weight is 281 g/mol. The van der Waals surface area contributed by atoms with Gasteiger partial charge in [0, 0.05) is 17.7 Å². The number of ether oxygens (including phenoxy) is 1. The fraction of sp³-hybridized carbons (Fsp3) is 0.889. The molecule has 0 unspecified atom stereocenters. The summed E-state index contributed by atoms with van der Waals surface area (Å²) < 4.78 is 6.16. The molecule has 0 spiro atoms. The molecule has 0 aromatic rings. The minimum absolute atomic E-state index is 0.233. The van der Waals surface area contributed by atoms with Crippen molar-refractivity contribution in [3.63, 3.8) is 0 Å². The Labute approximate surface area is 126 Å². The van der Waals surface area contributed by atoms with Gasteiger partial charge in [0.25, 0.3) is 0 Å². The van der Waals surface area contributed by atoms with E-state index >= 15 is 0 Å². The molecule has 0 radical (unpaired) electrons. The molecule has 0 N–H and O–H groups in total. The van der Waals surface area contributed by atoms with Crippen LogP contribution in [0, 0.1) is 0 Å². The van der Waals surface area contributed by atoms with Gasteiger partial charge in [0.05, 0.1) is 6.10 Å². The molecule has 1 fully saturated rings. The SMILES string of the molecule is C=CCCCCCCOC1CC(C)(C)N(C)C(C)(C)C1. The normalized spacial score (nSPS) is 22.9. The Hall–Kier alpha value is -0.340. The Bertz CT molecular complexity index is 278. The second-order valence-electron chi connectivity index (χ2n) is 7.58. The summed E-state index contributed by atoms with van der Waals surface area (Å²) in [6, 6.07) is 0. The Kier molecular flexibility index (Phi) is 6.74. The van der Waals surface area contributed by atoms with Crippen molar-refractivity contribution in [2.75, 3.05) is 13.7 Å². The molecule has 0 atom stereocenters. The van der Waals surface area contributed by atoms with E-state index in [1.165, 1.54) is 25.7 Å². The zero-order chi connectivity index (χ0) is 15.2. The highest BCUT2D eigenvalue weighted by Crippen LogP contribution is 2.38. The molecule has 0 aromatic heterocycles. The average Bonchev–Trinajstić information content (AvgIpc) is 2.34.